The van der Waals surface area contributed by atoms with Gasteiger partial charge in [-0.3, -0.25) is 9.59 Å². The lowest BCUT2D eigenvalue weighted by molar-refractivity contribution is -0.135. The molecule has 0 bridgehead atoms. The maximum absolute atomic E-state index is 12.2. The number of hydrogen-bond donors (Lipinski definition) is 3. The van der Waals surface area contributed by atoms with E-state index in [0.29, 0.717) is 11.5 Å². The summed E-state index contributed by atoms with van der Waals surface area (Å²) in [6.07, 6.45) is 2.34. The van der Waals surface area contributed by atoms with Gasteiger partial charge in [0, 0.05) is 5.56 Å². The molecular formula is C28H39NO5. The average Bonchev–Trinajstić information content (AvgIpc) is 2.76. The summed E-state index contributed by atoms with van der Waals surface area (Å²) < 4.78 is 5.86. The van der Waals surface area contributed by atoms with Gasteiger partial charge in [-0.1, -0.05) is 52.0 Å². The summed E-state index contributed by atoms with van der Waals surface area (Å²) in [5, 5.41) is 21.4. The molecular weight excluding hydrogens is 430 g/mol. The van der Waals surface area contributed by atoms with Gasteiger partial charge in [-0.15, -0.1) is 0 Å². The maximum Gasteiger partial charge on any atom is 0.322 e. The first-order valence-electron chi connectivity index (χ1n) is 11.9. The lowest BCUT2D eigenvalue weighted by Crippen LogP contribution is -2.32. The Morgan fingerprint density at radius 3 is 2.32 bits per heavy atom. The number of carboxylic acids is 1. The van der Waals surface area contributed by atoms with Gasteiger partial charge in [-0.25, -0.2) is 0 Å². The third-order valence-electron chi connectivity index (χ3n) is 6.28. The first-order chi connectivity index (χ1) is 15.9. The molecule has 6 nitrogen and oxygen atoms in total. The highest BCUT2D eigenvalue weighted by Crippen LogP contribution is 2.29. The van der Waals surface area contributed by atoms with Gasteiger partial charge >= 0.3 is 5.97 Å². The molecule has 2 aromatic rings. The lowest BCUT2D eigenvalue weighted by atomic mass is 9.88. The number of aryl methyl sites for hydroxylation is 3. The molecule has 0 aliphatic carbocycles. The zero-order valence-electron chi connectivity index (χ0n) is 21.3. The average molecular weight is 470 g/mol. The second-order valence-electron chi connectivity index (χ2n) is 10.1. The highest BCUT2D eigenvalue weighted by molar-refractivity contribution is 5.97. The quantitative estimate of drug-likeness (QED) is 0.429. The number of benzene rings is 2. The highest BCUT2D eigenvalue weighted by Gasteiger charge is 2.23. The summed E-state index contributed by atoms with van der Waals surface area (Å²) >= 11 is 0. The van der Waals surface area contributed by atoms with E-state index in [1.165, 1.54) is 11.1 Å². The Balaban J connectivity index is 2.01. The first kappa shape index (κ1) is 27.4. The molecule has 3 N–H and O–H groups in total. The number of aliphatic hydroxyl groups is 1. The number of rotatable bonds is 11. The van der Waals surface area contributed by atoms with Gasteiger partial charge in [0.1, 0.15) is 18.9 Å². The van der Waals surface area contributed by atoms with Crippen molar-refractivity contribution in [3.05, 3.63) is 64.2 Å². The van der Waals surface area contributed by atoms with E-state index >= 15 is 0 Å². The van der Waals surface area contributed by atoms with E-state index in [9.17, 15) is 14.7 Å². The predicted molar refractivity (Wildman–Crippen MR) is 135 cm³/mol. The van der Waals surface area contributed by atoms with Crippen molar-refractivity contribution in [1.29, 1.82) is 0 Å². The van der Waals surface area contributed by atoms with Gasteiger partial charge in [-0.05, 0) is 78.8 Å². The molecule has 2 atom stereocenters. The predicted octanol–water partition coefficient (Wildman–Crippen LogP) is 5.03. The largest absolute Gasteiger partial charge is 0.491 e. The van der Waals surface area contributed by atoms with Gasteiger partial charge in [-0.2, -0.15) is 0 Å². The van der Waals surface area contributed by atoms with Crippen LogP contribution in [0.3, 0.4) is 0 Å². The van der Waals surface area contributed by atoms with Crippen molar-refractivity contribution in [2.24, 2.45) is 5.41 Å². The van der Waals surface area contributed by atoms with Crippen molar-refractivity contribution in [2.75, 3.05) is 13.2 Å². The fraction of sp³-hybridized carbons (Fsp3) is 0.500. The fourth-order valence-corrected chi connectivity index (χ4v) is 3.84. The van der Waals surface area contributed by atoms with E-state index in [1.54, 1.807) is 6.07 Å². The van der Waals surface area contributed by atoms with E-state index in [1.807, 2.05) is 52.8 Å². The summed E-state index contributed by atoms with van der Waals surface area (Å²) in [7, 11) is 0. The van der Waals surface area contributed by atoms with Gasteiger partial charge in [0.2, 0.25) is 0 Å². The maximum atomic E-state index is 12.2. The molecule has 2 rings (SSSR count). The van der Waals surface area contributed by atoms with Crippen LogP contribution in [0.5, 0.6) is 5.75 Å². The Bertz CT molecular complexity index is 993. The number of aliphatic carboxylic acids is 1. The number of carbonyl (C=O) groups excluding carboxylic acids is 1. The molecule has 0 saturated carbocycles. The standard InChI is InChI=1S/C28H39NO5/c1-7-21(22-11-12-23(18(2)15-22)27(33)29-16-26(31)32)10-8-20-9-13-24(19(3)14-20)34-17-25(30)28(4,5)6/h9,11-15,21,25,30H,7-8,10,16-17H2,1-6H3,(H,29,33)(H,31,32). The summed E-state index contributed by atoms with van der Waals surface area (Å²) in [5.41, 5.74) is 4.60. The third kappa shape index (κ3) is 7.87. The minimum atomic E-state index is -1.06. The Morgan fingerprint density at radius 1 is 1.06 bits per heavy atom. The van der Waals surface area contributed by atoms with Crippen molar-refractivity contribution >= 4 is 11.9 Å². The number of hydrogen-bond acceptors (Lipinski definition) is 4. The van der Waals surface area contributed by atoms with E-state index in [-0.39, 0.29) is 17.9 Å². The van der Waals surface area contributed by atoms with Crippen molar-refractivity contribution in [3.8, 4) is 5.75 Å². The van der Waals surface area contributed by atoms with Crippen molar-refractivity contribution in [2.45, 2.75) is 72.8 Å². The molecule has 6 heteroatoms. The molecule has 0 aromatic heterocycles. The van der Waals surface area contributed by atoms with Crippen LogP contribution >= 0.6 is 0 Å². The van der Waals surface area contributed by atoms with E-state index in [4.69, 9.17) is 9.84 Å². The third-order valence-corrected chi connectivity index (χ3v) is 6.28. The summed E-state index contributed by atoms with van der Waals surface area (Å²) in [6, 6.07) is 12.0. The molecule has 0 aliphatic rings. The smallest absolute Gasteiger partial charge is 0.322 e. The Hall–Kier alpha value is -2.86. The SMILES string of the molecule is CCC(CCc1ccc(OCC(O)C(C)(C)C)c(C)c1)c1ccc(C(=O)NCC(=O)O)c(C)c1. The van der Waals surface area contributed by atoms with E-state index in [2.05, 4.69) is 24.4 Å². The second kappa shape index (κ2) is 12.0. The molecule has 0 heterocycles. The molecule has 2 unspecified atom stereocenters. The minimum Gasteiger partial charge on any atom is -0.491 e. The van der Waals surface area contributed by atoms with Crippen LogP contribution in [0.25, 0.3) is 0 Å². The Kier molecular flexibility index (Phi) is 9.68. The van der Waals surface area contributed by atoms with Crippen molar-refractivity contribution in [3.63, 3.8) is 0 Å². The lowest BCUT2D eigenvalue weighted by Gasteiger charge is -2.26. The van der Waals surface area contributed by atoms with Gasteiger partial charge in [0.15, 0.2) is 0 Å². The van der Waals surface area contributed by atoms with Crippen molar-refractivity contribution in [1.82, 2.24) is 5.32 Å². The summed E-state index contributed by atoms with van der Waals surface area (Å²) in [4.78, 5) is 22.9. The normalized spacial score (nSPS) is 13.3. The molecule has 34 heavy (non-hydrogen) atoms. The molecule has 0 radical (unpaired) electrons. The van der Waals surface area contributed by atoms with Crippen LogP contribution in [-0.2, 0) is 11.2 Å². The summed E-state index contributed by atoms with van der Waals surface area (Å²) in [5.74, 6) is -0.280. The summed E-state index contributed by atoms with van der Waals surface area (Å²) in [6.45, 7) is 11.9. The molecule has 0 spiro atoms. The second-order valence-corrected chi connectivity index (χ2v) is 10.1. The zero-order chi connectivity index (χ0) is 25.5. The monoisotopic (exact) mass is 469 g/mol. The topological polar surface area (TPSA) is 95.9 Å². The molecule has 2 aromatic carbocycles. The number of nitrogens with one attached hydrogen (secondary N) is 1. The minimum absolute atomic E-state index is 0.220. The van der Waals surface area contributed by atoms with Gasteiger partial charge in [0.25, 0.3) is 5.91 Å². The highest BCUT2D eigenvalue weighted by atomic mass is 16.5. The molecule has 1 amide bonds. The van der Waals surface area contributed by atoms with Crippen molar-refractivity contribution < 1.29 is 24.5 Å². The molecule has 0 saturated heterocycles. The number of carboxylic acid groups (broad SMARTS) is 1. The van der Waals surface area contributed by atoms with Crippen LogP contribution in [0.15, 0.2) is 36.4 Å². The fourth-order valence-electron chi connectivity index (χ4n) is 3.84. The Morgan fingerprint density at radius 2 is 1.76 bits per heavy atom. The van der Waals surface area contributed by atoms with E-state index < -0.39 is 18.6 Å². The van der Waals surface area contributed by atoms with E-state index in [0.717, 1.165) is 36.1 Å². The number of amides is 1. The number of aliphatic hydroxyl groups excluding tert-OH is 1. The molecule has 0 aliphatic heterocycles. The zero-order valence-corrected chi connectivity index (χ0v) is 21.3. The first-order valence-corrected chi connectivity index (χ1v) is 11.9. The van der Waals surface area contributed by atoms with Gasteiger partial charge < -0.3 is 20.3 Å². The Labute approximate surface area is 203 Å². The van der Waals surface area contributed by atoms with Crippen LogP contribution < -0.4 is 10.1 Å². The van der Waals surface area contributed by atoms with Crippen LogP contribution in [0, 0.1) is 19.3 Å². The van der Waals surface area contributed by atoms with Gasteiger partial charge in [0.05, 0.1) is 6.10 Å². The number of carbonyl (C=O) groups is 2. The molecule has 0 fully saturated rings. The number of ether oxygens (including phenoxy) is 1. The van der Waals surface area contributed by atoms with Crippen LogP contribution in [-0.4, -0.2) is 41.3 Å². The van der Waals surface area contributed by atoms with Crippen LogP contribution in [0.2, 0.25) is 0 Å². The van der Waals surface area contributed by atoms with Crippen LogP contribution in [0.1, 0.15) is 79.1 Å². The molecule has 186 valence electrons. The van der Waals surface area contributed by atoms with Crippen LogP contribution in [0.4, 0.5) is 0 Å².